The molecule has 0 saturated carbocycles. The van der Waals surface area contributed by atoms with Crippen LogP contribution in [-0.2, 0) is 11.2 Å². The van der Waals surface area contributed by atoms with Gasteiger partial charge in [-0.25, -0.2) is 0 Å². The van der Waals surface area contributed by atoms with E-state index in [0.717, 1.165) is 12.0 Å². The van der Waals surface area contributed by atoms with E-state index in [-0.39, 0.29) is 0 Å². The Morgan fingerprint density at radius 1 is 1.47 bits per heavy atom. The highest BCUT2D eigenvalue weighted by molar-refractivity contribution is 6.30. The minimum Gasteiger partial charge on any atom is -0.388 e. The van der Waals surface area contributed by atoms with Gasteiger partial charge in [-0.2, -0.15) is 5.26 Å². The summed E-state index contributed by atoms with van der Waals surface area (Å²) in [6.45, 7) is 2.68. The van der Waals surface area contributed by atoms with Gasteiger partial charge in [0.2, 0.25) is 0 Å². The van der Waals surface area contributed by atoms with E-state index in [9.17, 15) is 10.4 Å². The third kappa shape index (κ3) is 2.92. The van der Waals surface area contributed by atoms with Crippen molar-refractivity contribution in [2.45, 2.75) is 31.8 Å². The van der Waals surface area contributed by atoms with Crippen molar-refractivity contribution < 1.29 is 9.84 Å². The molecule has 1 saturated heterocycles. The highest BCUT2D eigenvalue weighted by Crippen LogP contribution is 2.40. The largest absolute Gasteiger partial charge is 0.388 e. The standard InChI is InChI=1S/C15H18ClNO2/c1-14(18,9-12-3-5-13(16)6-4-12)15(10-17)7-2-8-19-11-15/h3-6,18H,2,7-9,11H2,1H3. The van der Waals surface area contributed by atoms with Gasteiger partial charge in [0.15, 0.2) is 0 Å². The Hall–Kier alpha value is -1.08. The lowest BCUT2D eigenvalue weighted by Crippen LogP contribution is -2.51. The molecule has 102 valence electrons. The van der Waals surface area contributed by atoms with Crippen LogP contribution in [0.5, 0.6) is 0 Å². The fourth-order valence-electron chi connectivity index (χ4n) is 2.60. The lowest BCUT2D eigenvalue weighted by atomic mass is 9.68. The molecule has 0 aliphatic carbocycles. The molecule has 2 atom stereocenters. The van der Waals surface area contributed by atoms with Crippen LogP contribution in [0.15, 0.2) is 24.3 Å². The monoisotopic (exact) mass is 279 g/mol. The van der Waals surface area contributed by atoms with Gasteiger partial charge in [0.25, 0.3) is 0 Å². The molecule has 2 rings (SSSR count). The number of benzene rings is 1. The van der Waals surface area contributed by atoms with Gasteiger partial charge in [0, 0.05) is 18.1 Å². The molecular formula is C15H18ClNO2. The first-order chi connectivity index (χ1) is 8.99. The Morgan fingerprint density at radius 3 is 2.68 bits per heavy atom. The van der Waals surface area contributed by atoms with Crippen molar-refractivity contribution in [3.05, 3.63) is 34.9 Å². The topological polar surface area (TPSA) is 53.2 Å². The molecule has 0 spiro atoms. The van der Waals surface area contributed by atoms with E-state index in [2.05, 4.69) is 6.07 Å². The number of rotatable bonds is 3. The summed E-state index contributed by atoms with van der Waals surface area (Å²) in [5.41, 5.74) is -0.976. The van der Waals surface area contributed by atoms with Crippen LogP contribution in [0.25, 0.3) is 0 Å². The molecule has 0 aromatic heterocycles. The lowest BCUT2D eigenvalue weighted by Gasteiger charge is -2.42. The zero-order valence-electron chi connectivity index (χ0n) is 11.0. The van der Waals surface area contributed by atoms with Crippen molar-refractivity contribution in [2.75, 3.05) is 13.2 Å². The molecule has 1 N–H and O–H groups in total. The van der Waals surface area contributed by atoms with Crippen LogP contribution < -0.4 is 0 Å². The second-order valence-corrected chi connectivity index (χ2v) is 5.86. The molecule has 1 aromatic rings. The Morgan fingerprint density at radius 2 is 2.16 bits per heavy atom. The van der Waals surface area contributed by atoms with E-state index in [0.29, 0.717) is 31.1 Å². The highest BCUT2D eigenvalue weighted by atomic mass is 35.5. The van der Waals surface area contributed by atoms with Crippen molar-refractivity contribution in [1.82, 2.24) is 0 Å². The number of ether oxygens (including phenoxy) is 1. The number of aliphatic hydroxyl groups is 1. The summed E-state index contributed by atoms with van der Waals surface area (Å²) in [5.74, 6) is 0. The van der Waals surface area contributed by atoms with Crippen molar-refractivity contribution in [1.29, 1.82) is 5.26 Å². The number of nitrogens with zero attached hydrogens (tertiary/aromatic N) is 1. The van der Waals surface area contributed by atoms with Crippen molar-refractivity contribution in [3.63, 3.8) is 0 Å². The molecule has 2 unspecified atom stereocenters. The lowest BCUT2D eigenvalue weighted by molar-refractivity contribution is -0.107. The van der Waals surface area contributed by atoms with Crippen LogP contribution in [-0.4, -0.2) is 23.9 Å². The number of halogens is 1. The van der Waals surface area contributed by atoms with E-state index in [1.165, 1.54) is 0 Å². The number of hydrogen-bond donors (Lipinski definition) is 1. The summed E-state index contributed by atoms with van der Waals surface area (Å²) >= 11 is 5.85. The van der Waals surface area contributed by atoms with Gasteiger partial charge in [0.05, 0.1) is 18.3 Å². The SMILES string of the molecule is CC(O)(Cc1ccc(Cl)cc1)C1(C#N)CCCOC1. The van der Waals surface area contributed by atoms with E-state index < -0.39 is 11.0 Å². The highest BCUT2D eigenvalue weighted by Gasteiger charge is 2.48. The van der Waals surface area contributed by atoms with Gasteiger partial charge in [-0.1, -0.05) is 23.7 Å². The summed E-state index contributed by atoms with van der Waals surface area (Å²) in [7, 11) is 0. The molecule has 0 radical (unpaired) electrons. The van der Waals surface area contributed by atoms with Gasteiger partial charge in [0.1, 0.15) is 5.41 Å². The van der Waals surface area contributed by atoms with E-state index in [4.69, 9.17) is 16.3 Å². The summed E-state index contributed by atoms with van der Waals surface area (Å²) in [6.07, 6.45) is 1.90. The van der Waals surface area contributed by atoms with Crippen LogP contribution in [0.1, 0.15) is 25.3 Å². The fraction of sp³-hybridized carbons (Fsp3) is 0.533. The molecule has 1 heterocycles. The van der Waals surface area contributed by atoms with E-state index in [1.54, 1.807) is 19.1 Å². The van der Waals surface area contributed by atoms with Gasteiger partial charge >= 0.3 is 0 Å². The molecule has 1 aliphatic heterocycles. The average Bonchev–Trinajstić information content (AvgIpc) is 2.42. The molecule has 0 bridgehead atoms. The van der Waals surface area contributed by atoms with Crippen molar-refractivity contribution >= 4 is 11.6 Å². The van der Waals surface area contributed by atoms with Gasteiger partial charge < -0.3 is 9.84 Å². The maximum atomic E-state index is 10.8. The summed E-state index contributed by atoms with van der Waals surface area (Å²) in [4.78, 5) is 0. The Kier molecular flexibility index (Phi) is 4.15. The predicted molar refractivity (Wildman–Crippen MR) is 73.9 cm³/mol. The summed E-state index contributed by atoms with van der Waals surface area (Å²) in [6, 6.07) is 9.64. The summed E-state index contributed by atoms with van der Waals surface area (Å²) < 4.78 is 5.42. The van der Waals surface area contributed by atoms with Gasteiger partial charge in [-0.05, 0) is 37.5 Å². The van der Waals surface area contributed by atoms with E-state index >= 15 is 0 Å². The van der Waals surface area contributed by atoms with Gasteiger partial charge in [-0.15, -0.1) is 0 Å². The molecule has 0 amide bonds. The Bertz CT molecular complexity index is 470. The molecule has 4 heteroatoms. The smallest absolute Gasteiger partial charge is 0.109 e. The van der Waals surface area contributed by atoms with Crippen LogP contribution in [0, 0.1) is 16.7 Å². The number of hydrogen-bond acceptors (Lipinski definition) is 3. The Labute approximate surface area is 118 Å². The zero-order valence-corrected chi connectivity index (χ0v) is 11.8. The van der Waals surface area contributed by atoms with Crippen LogP contribution in [0.3, 0.4) is 0 Å². The number of nitriles is 1. The second kappa shape index (κ2) is 5.50. The van der Waals surface area contributed by atoms with Crippen LogP contribution in [0.2, 0.25) is 5.02 Å². The molecular weight excluding hydrogens is 262 g/mol. The maximum Gasteiger partial charge on any atom is 0.109 e. The van der Waals surface area contributed by atoms with Crippen molar-refractivity contribution in [3.8, 4) is 6.07 Å². The first-order valence-electron chi connectivity index (χ1n) is 6.45. The normalized spacial score (nSPS) is 26.4. The zero-order chi connectivity index (χ0) is 13.9. The minimum absolute atomic E-state index is 0.296. The third-order valence-corrected chi connectivity index (χ3v) is 4.20. The first kappa shape index (κ1) is 14.3. The second-order valence-electron chi connectivity index (χ2n) is 5.43. The Balaban J connectivity index is 2.20. The molecule has 3 nitrogen and oxygen atoms in total. The fourth-order valence-corrected chi connectivity index (χ4v) is 2.72. The minimum atomic E-state index is -1.12. The van der Waals surface area contributed by atoms with Gasteiger partial charge in [-0.3, -0.25) is 0 Å². The average molecular weight is 280 g/mol. The van der Waals surface area contributed by atoms with Crippen molar-refractivity contribution in [2.24, 2.45) is 5.41 Å². The maximum absolute atomic E-state index is 10.8. The third-order valence-electron chi connectivity index (χ3n) is 3.95. The quantitative estimate of drug-likeness (QED) is 0.925. The molecule has 1 fully saturated rings. The predicted octanol–water partition coefficient (Wildman–Crippen LogP) is 2.95. The van der Waals surface area contributed by atoms with Crippen LogP contribution in [0.4, 0.5) is 0 Å². The molecule has 1 aliphatic rings. The summed E-state index contributed by atoms with van der Waals surface area (Å²) in [5, 5.41) is 20.9. The van der Waals surface area contributed by atoms with Crippen LogP contribution >= 0.6 is 11.6 Å². The molecule has 1 aromatic carbocycles. The first-order valence-corrected chi connectivity index (χ1v) is 6.83. The van der Waals surface area contributed by atoms with E-state index in [1.807, 2.05) is 12.1 Å². The molecule has 19 heavy (non-hydrogen) atoms.